The van der Waals surface area contributed by atoms with Gasteiger partial charge in [0, 0.05) is 26.3 Å². The van der Waals surface area contributed by atoms with Crippen LogP contribution in [0, 0.1) is 11.8 Å². The number of amides is 2. The summed E-state index contributed by atoms with van der Waals surface area (Å²) in [5.74, 6) is 0.938. The minimum atomic E-state index is -0.924. The van der Waals surface area contributed by atoms with E-state index >= 15 is 0 Å². The van der Waals surface area contributed by atoms with Crippen molar-refractivity contribution in [3.8, 4) is 0 Å². The van der Waals surface area contributed by atoms with Gasteiger partial charge in [0.15, 0.2) is 0 Å². The second kappa shape index (κ2) is 8.35. The van der Waals surface area contributed by atoms with Gasteiger partial charge < -0.3 is 19.5 Å². The number of carbonyl (C=O) groups excluding carboxylic acids is 2. The minimum absolute atomic E-state index is 0.0399. The van der Waals surface area contributed by atoms with Crippen molar-refractivity contribution in [1.82, 2.24) is 14.8 Å². The Morgan fingerprint density at radius 1 is 1.37 bits per heavy atom. The van der Waals surface area contributed by atoms with Gasteiger partial charge in [-0.1, -0.05) is 26.7 Å². The molecule has 2 amide bonds. The molecule has 2 aliphatic rings. The summed E-state index contributed by atoms with van der Waals surface area (Å²) >= 11 is 1.63. The van der Waals surface area contributed by atoms with E-state index in [1.807, 2.05) is 29.0 Å². The van der Waals surface area contributed by atoms with Crippen LogP contribution in [0.1, 0.15) is 56.9 Å². The minimum Gasteiger partial charge on any atom is -0.385 e. The number of methoxy groups -OCH3 is 1. The van der Waals surface area contributed by atoms with Crippen molar-refractivity contribution >= 4 is 33.4 Å². The molecule has 0 saturated heterocycles. The Kier molecular flexibility index (Phi) is 5.95. The lowest BCUT2D eigenvalue weighted by atomic mass is 9.77. The summed E-state index contributed by atoms with van der Waals surface area (Å²) in [6.07, 6.45) is 4.07. The zero-order valence-electron chi connectivity index (χ0n) is 18.4. The van der Waals surface area contributed by atoms with Crippen LogP contribution in [0.15, 0.2) is 17.5 Å². The molecule has 7 heteroatoms. The van der Waals surface area contributed by atoms with Crippen LogP contribution in [-0.4, -0.2) is 53.1 Å². The molecule has 4 atom stereocenters. The molecule has 3 heterocycles. The molecule has 0 bridgehead atoms. The summed E-state index contributed by atoms with van der Waals surface area (Å²) in [6.45, 7) is 7.97. The number of rotatable bonds is 6. The fourth-order valence-electron chi connectivity index (χ4n) is 5.10. The van der Waals surface area contributed by atoms with Gasteiger partial charge in [0.1, 0.15) is 11.2 Å². The van der Waals surface area contributed by atoms with Crippen molar-refractivity contribution < 1.29 is 14.3 Å². The first-order valence-electron chi connectivity index (χ1n) is 11.1. The number of aromatic nitrogens is 1. The topological polar surface area (TPSA) is 63.6 Å². The maximum Gasteiger partial charge on any atom is 0.271 e. The van der Waals surface area contributed by atoms with E-state index < -0.39 is 5.54 Å². The molecular formula is C23H33N3O3S. The van der Waals surface area contributed by atoms with Crippen LogP contribution in [-0.2, 0) is 16.1 Å². The fraction of sp³-hybridized carbons (Fsp3) is 0.652. The predicted octanol–water partition coefficient (Wildman–Crippen LogP) is 3.89. The Morgan fingerprint density at radius 3 is 2.93 bits per heavy atom. The van der Waals surface area contributed by atoms with Crippen LogP contribution in [0.4, 0.5) is 0 Å². The van der Waals surface area contributed by atoms with Crippen LogP contribution < -0.4 is 5.32 Å². The van der Waals surface area contributed by atoms with Gasteiger partial charge in [-0.3, -0.25) is 9.59 Å². The Bertz CT molecular complexity index is 935. The molecule has 0 spiro atoms. The van der Waals surface area contributed by atoms with E-state index in [1.165, 1.54) is 6.42 Å². The number of carbonyl (C=O) groups is 2. The highest BCUT2D eigenvalue weighted by Crippen LogP contribution is 2.35. The number of fused-ring (bicyclic) bond motifs is 3. The summed E-state index contributed by atoms with van der Waals surface area (Å²) in [6, 6.07) is 4.18. The first-order chi connectivity index (χ1) is 14.4. The van der Waals surface area contributed by atoms with Gasteiger partial charge in [-0.15, -0.1) is 11.3 Å². The first kappa shape index (κ1) is 21.4. The summed E-state index contributed by atoms with van der Waals surface area (Å²) in [5.41, 5.74) is 0.796. The second-order valence-corrected chi connectivity index (χ2v) is 10.2. The lowest BCUT2D eigenvalue weighted by molar-refractivity contribution is -0.134. The van der Waals surface area contributed by atoms with Crippen LogP contribution in [0.2, 0.25) is 0 Å². The molecule has 0 radical (unpaired) electrons. The third-order valence-corrected chi connectivity index (χ3v) is 8.14. The molecule has 1 fully saturated rings. The molecular weight excluding hydrogens is 398 g/mol. The van der Waals surface area contributed by atoms with Crippen LogP contribution in [0.25, 0.3) is 10.2 Å². The summed E-state index contributed by atoms with van der Waals surface area (Å²) in [5, 5.41) is 5.38. The van der Waals surface area contributed by atoms with Crippen LogP contribution in [0.3, 0.4) is 0 Å². The highest BCUT2D eigenvalue weighted by atomic mass is 32.1. The van der Waals surface area contributed by atoms with Crippen molar-refractivity contribution in [2.45, 2.75) is 64.6 Å². The quantitative estimate of drug-likeness (QED) is 0.706. The van der Waals surface area contributed by atoms with Crippen molar-refractivity contribution in [2.75, 3.05) is 20.3 Å². The largest absolute Gasteiger partial charge is 0.385 e. The molecule has 164 valence electrons. The molecule has 4 unspecified atom stereocenters. The van der Waals surface area contributed by atoms with E-state index in [0.29, 0.717) is 43.6 Å². The smallest absolute Gasteiger partial charge is 0.271 e. The second-order valence-electron chi connectivity index (χ2n) is 9.21. The predicted molar refractivity (Wildman–Crippen MR) is 120 cm³/mol. The Labute approximate surface area is 182 Å². The third-order valence-electron chi connectivity index (χ3n) is 7.29. The number of ether oxygens (including phenoxy) is 1. The van der Waals surface area contributed by atoms with Gasteiger partial charge in [0.2, 0.25) is 5.91 Å². The molecule has 1 aliphatic carbocycles. The standard InChI is InChI=1S/C23H33N3O3S/c1-15-7-5-8-17(16(15)2)24-22(28)23(3)14-25-18-9-12-30-20(18)13-19(25)21(27)26(23)10-6-11-29-4/h9,12-13,15-17H,5-8,10-11,14H2,1-4H3,(H,24,28). The number of hydrogen-bond acceptors (Lipinski definition) is 4. The normalized spacial score (nSPS) is 29.3. The number of thiophene rings is 1. The summed E-state index contributed by atoms with van der Waals surface area (Å²) in [4.78, 5) is 29.0. The van der Waals surface area contributed by atoms with E-state index in [2.05, 4.69) is 19.2 Å². The van der Waals surface area contributed by atoms with Crippen LogP contribution >= 0.6 is 11.3 Å². The Hall–Kier alpha value is -1.86. The Balaban J connectivity index is 1.65. The number of nitrogens with zero attached hydrogens (tertiary/aromatic N) is 2. The first-order valence-corrected chi connectivity index (χ1v) is 11.9. The SMILES string of the molecule is COCCCN1C(=O)c2cc3sccc3n2CC1(C)C(=O)NC1CCCC(C)C1C. The molecule has 4 rings (SSSR count). The van der Waals surface area contributed by atoms with Gasteiger partial charge in [-0.05, 0) is 49.1 Å². The highest BCUT2D eigenvalue weighted by Gasteiger charge is 2.48. The number of hydrogen-bond donors (Lipinski definition) is 1. The summed E-state index contributed by atoms with van der Waals surface area (Å²) < 4.78 is 8.33. The van der Waals surface area contributed by atoms with Crippen molar-refractivity contribution in [3.63, 3.8) is 0 Å². The third kappa shape index (κ3) is 3.56. The molecule has 6 nitrogen and oxygen atoms in total. The molecule has 2 aromatic heterocycles. The highest BCUT2D eigenvalue weighted by molar-refractivity contribution is 7.17. The average Bonchev–Trinajstić information content (AvgIpc) is 3.30. The average molecular weight is 432 g/mol. The maximum absolute atomic E-state index is 13.7. The molecule has 2 aromatic rings. The van der Waals surface area contributed by atoms with Crippen LogP contribution in [0.5, 0.6) is 0 Å². The molecule has 0 aromatic carbocycles. The van der Waals surface area contributed by atoms with Crippen molar-refractivity contribution in [1.29, 1.82) is 0 Å². The van der Waals surface area contributed by atoms with E-state index in [4.69, 9.17) is 4.74 Å². The summed E-state index contributed by atoms with van der Waals surface area (Å²) in [7, 11) is 1.66. The van der Waals surface area contributed by atoms with Gasteiger partial charge in [-0.25, -0.2) is 0 Å². The lowest BCUT2D eigenvalue weighted by Crippen LogP contribution is -2.65. The van der Waals surface area contributed by atoms with Gasteiger partial charge in [-0.2, -0.15) is 0 Å². The Morgan fingerprint density at radius 2 is 2.17 bits per heavy atom. The fourth-order valence-corrected chi connectivity index (χ4v) is 5.92. The molecule has 1 aliphatic heterocycles. The van der Waals surface area contributed by atoms with Gasteiger partial charge in [0.25, 0.3) is 5.91 Å². The van der Waals surface area contributed by atoms with Gasteiger partial charge >= 0.3 is 0 Å². The maximum atomic E-state index is 13.7. The lowest BCUT2D eigenvalue weighted by Gasteiger charge is -2.45. The van der Waals surface area contributed by atoms with E-state index in [0.717, 1.165) is 23.1 Å². The zero-order valence-corrected chi connectivity index (χ0v) is 19.3. The number of nitrogens with one attached hydrogen (secondary N) is 1. The molecule has 1 saturated carbocycles. The van der Waals surface area contributed by atoms with Crippen molar-refractivity contribution in [3.05, 3.63) is 23.2 Å². The van der Waals surface area contributed by atoms with E-state index in [9.17, 15) is 9.59 Å². The zero-order chi connectivity index (χ0) is 21.5. The molecule has 30 heavy (non-hydrogen) atoms. The molecule has 1 N–H and O–H groups in total. The van der Waals surface area contributed by atoms with E-state index in [-0.39, 0.29) is 17.9 Å². The van der Waals surface area contributed by atoms with E-state index in [1.54, 1.807) is 23.3 Å². The monoisotopic (exact) mass is 431 g/mol. The van der Waals surface area contributed by atoms with Gasteiger partial charge in [0.05, 0.1) is 16.8 Å². The van der Waals surface area contributed by atoms with Crippen molar-refractivity contribution in [2.24, 2.45) is 11.8 Å².